The number of rotatable bonds is 6. The average Bonchev–Trinajstić information content (AvgIpc) is 2.66. The zero-order valence-corrected chi connectivity index (χ0v) is 11.0. The number of nitrogens with one attached hydrogen (secondary N) is 1. The quantitative estimate of drug-likeness (QED) is 0.832. The van der Waals surface area contributed by atoms with Crippen LogP contribution in [-0.4, -0.2) is 29.8 Å². The minimum atomic E-state index is -0.124. The highest BCUT2D eigenvalue weighted by Gasteiger charge is 2.14. The van der Waals surface area contributed by atoms with Crippen molar-refractivity contribution in [2.45, 2.75) is 39.3 Å². The number of nitrogens with zero attached hydrogens (tertiary/aromatic N) is 2. The van der Waals surface area contributed by atoms with Gasteiger partial charge in [0.25, 0.3) is 5.89 Å². The van der Waals surface area contributed by atoms with Crippen LogP contribution in [0.5, 0.6) is 0 Å². The molecule has 0 aliphatic rings. The maximum absolute atomic E-state index is 5.36. The second kappa shape index (κ2) is 7.60. The van der Waals surface area contributed by atoms with E-state index in [4.69, 9.17) is 9.26 Å². The van der Waals surface area contributed by atoms with Crippen LogP contribution in [0.15, 0.2) is 4.52 Å². The molecule has 0 aliphatic carbocycles. The largest absolute Gasteiger partial charge is 0.369 e. The van der Waals surface area contributed by atoms with Gasteiger partial charge in [-0.15, -0.1) is 12.4 Å². The van der Waals surface area contributed by atoms with Crippen molar-refractivity contribution in [1.29, 1.82) is 0 Å². The Hall–Kier alpha value is -0.650. The molecule has 0 saturated carbocycles. The summed E-state index contributed by atoms with van der Waals surface area (Å²) in [6, 6.07) is 0.345. The third kappa shape index (κ3) is 4.47. The molecule has 0 amide bonds. The number of likely N-dealkylation sites (N-methyl/N-ethyl adjacent to an activating group) is 1. The summed E-state index contributed by atoms with van der Waals surface area (Å²) in [6.45, 7) is 6.56. The molecule has 1 aromatic heterocycles. The van der Waals surface area contributed by atoms with Gasteiger partial charge in [0.1, 0.15) is 6.10 Å². The summed E-state index contributed by atoms with van der Waals surface area (Å²) in [5.74, 6) is 1.27. The predicted molar refractivity (Wildman–Crippen MR) is 63.8 cm³/mol. The van der Waals surface area contributed by atoms with Crippen molar-refractivity contribution in [3.8, 4) is 0 Å². The van der Waals surface area contributed by atoms with E-state index in [2.05, 4.69) is 22.4 Å². The maximum Gasteiger partial charge on any atom is 0.255 e. The smallest absolute Gasteiger partial charge is 0.255 e. The molecular weight excluding hydrogens is 230 g/mol. The highest BCUT2D eigenvalue weighted by atomic mass is 35.5. The molecule has 16 heavy (non-hydrogen) atoms. The third-order valence-electron chi connectivity index (χ3n) is 2.23. The van der Waals surface area contributed by atoms with Gasteiger partial charge < -0.3 is 14.6 Å². The van der Waals surface area contributed by atoms with Crippen LogP contribution in [0, 0.1) is 0 Å². The Kier molecular flexibility index (Phi) is 7.29. The van der Waals surface area contributed by atoms with Gasteiger partial charge in [-0.1, -0.05) is 5.16 Å². The van der Waals surface area contributed by atoms with Crippen molar-refractivity contribution in [2.24, 2.45) is 0 Å². The van der Waals surface area contributed by atoms with Gasteiger partial charge in [-0.3, -0.25) is 0 Å². The number of halogens is 1. The van der Waals surface area contributed by atoms with E-state index < -0.39 is 0 Å². The van der Waals surface area contributed by atoms with Crippen molar-refractivity contribution < 1.29 is 9.26 Å². The fourth-order valence-corrected chi connectivity index (χ4v) is 1.21. The second-order valence-corrected chi connectivity index (χ2v) is 3.54. The lowest BCUT2D eigenvalue weighted by Gasteiger charge is -2.05. The van der Waals surface area contributed by atoms with Gasteiger partial charge in [0.05, 0.1) is 0 Å². The summed E-state index contributed by atoms with van der Waals surface area (Å²) in [5.41, 5.74) is 0. The van der Waals surface area contributed by atoms with Gasteiger partial charge in [-0.05, 0) is 27.8 Å². The average molecular weight is 250 g/mol. The van der Waals surface area contributed by atoms with Crippen LogP contribution in [0.1, 0.15) is 38.6 Å². The molecule has 2 unspecified atom stereocenters. The minimum Gasteiger partial charge on any atom is -0.369 e. The van der Waals surface area contributed by atoms with Crippen LogP contribution >= 0.6 is 12.4 Å². The van der Waals surface area contributed by atoms with E-state index in [0.29, 0.717) is 18.5 Å². The van der Waals surface area contributed by atoms with Gasteiger partial charge in [0.15, 0.2) is 5.82 Å². The summed E-state index contributed by atoms with van der Waals surface area (Å²) in [6.07, 6.45) is 0.639. The molecule has 6 heteroatoms. The van der Waals surface area contributed by atoms with E-state index in [9.17, 15) is 0 Å². The first-order valence-corrected chi connectivity index (χ1v) is 5.28. The lowest BCUT2D eigenvalue weighted by Crippen LogP contribution is -2.24. The Labute approximate surface area is 102 Å². The maximum atomic E-state index is 5.36. The van der Waals surface area contributed by atoms with Crippen molar-refractivity contribution in [3.63, 3.8) is 0 Å². The van der Waals surface area contributed by atoms with E-state index in [1.165, 1.54) is 0 Å². The van der Waals surface area contributed by atoms with Crippen LogP contribution in [-0.2, 0) is 11.2 Å². The molecule has 5 nitrogen and oxygen atoms in total. The Morgan fingerprint density at radius 3 is 2.69 bits per heavy atom. The molecule has 1 rings (SSSR count). The lowest BCUT2D eigenvalue weighted by atomic mass is 10.2. The van der Waals surface area contributed by atoms with Crippen LogP contribution in [0.3, 0.4) is 0 Å². The molecule has 0 radical (unpaired) electrons. The normalized spacial score (nSPS) is 14.2. The third-order valence-corrected chi connectivity index (χ3v) is 2.23. The van der Waals surface area contributed by atoms with Gasteiger partial charge in [0, 0.05) is 19.1 Å². The molecule has 0 spiro atoms. The highest BCUT2D eigenvalue weighted by Crippen LogP contribution is 2.14. The van der Waals surface area contributed by atoms with Crippen molar-refractivity contribution in [1.82, 2.24) is 15.5 Å². The fraction of sp³-hybridized carbons (Fsp3) is 0.800. The van der Waals surface area contributed by atoms with Crippen LogP contribution in [0.2, 0.25) is 0 Å². The zero-order valence-electron chi connectivity index (χ0n) is 10.2. The monoisotopic (exact) mass is 249 g/mol. The topological polar surface area (TPSA) is 60.2 Å². The molecule has 1 heterocycles. The van der Waals surface area contributed by atoms with Gasteiger partial charge in [-0.2, -0.15) is 4.98 Å². The molecule has 0 bridgehead atoms. The van der Waals surface area contributed by atoms with E-state index in [1.807, 2.05) is 20.9 Å². The standard InChI is InChI=1S/C10H19N3O2.ClH/c1-5-14-8(3)10-12-9(13-15-10)6-7(2)11-4;/h7-8,11H,5-6H2,1-4H3;1H. The molecule has 0 aliphatic heterocycles. The van der Waals surface area contributed by atoms with Crippen molar-refractivity contribution >= 4 is 12.4 Å². The van der Waals surface area contributed by atoms with Crippen LogP contribution < -0.4 is 5.32 Å². The number of aromatic nitrogens is 2. The van der Waals surface area contributed by atoms with E-state index >= 15 is 0 Å². The molecule has 94 valence electrons. The molecule has 1 aromatic rings. The Balaban J connectivity index is 0.00000225. The Morgan fingerprint density at radius 2 is 2.12 bits per heavy atom. The summed E-state index contributed by atoms with van der Waals surface area (Å²) < 4.78 is 10.5. The first-order chi connectivity index (χ1) is 7.17. The van der Waals surface area contributed by atoms with Crippen LogP contribution in [0.4, 0.5) is 0 Å². The van der Waals surface area contributed by atoms with Gasteiger partial charge in [0.2, 0.25) is 0 Å². The van der Waals surface area contributed by atoms with Gasteiger partial charge >= 0.3 is 0 Å². The number of ether oxygens (including phenoxy) is 1. The summed E-state index contributed by atoms with van der Waals surface area (Å²) in [7, 11) is 1.91. The summed E-state index contributed by atoms with van der Waals surface area (Å²) in [4.78, 5) is 4.27. The number of hydrogen-bond donors (Lipinski definition) is 1. The first kappa shape index (κ1) is 15.3. The molecule has 0 fully saturated rings. The van der Waals surface area contributed by atoms with E-state index in [-0.39, 0.29) is 18.5 Å². The second-order valence-electron chi connectivity index (χ2n) is 3.54. The summed E-state index contributed by atoms with van der Waals surface area (Å²) in [5, 5.41) is 7.03. The zero-order chi connectivity index (χ0) is 11.3. The van der Waals surface area contributed by atoms with Gasteiger partial charge in [-0.25, -0.2) is 0 Å². The molecule has 2 atom stereocenters. The first-order valence-electron chi connectivity index (χ1n) is 5.28. The van der Waals surface area contributed by atoms with Crippen molar-refractivity contribution in [2.75, 3.05) is 13.7 Å². The fourth-order valence-electron chi connectivity index (χ4n) is 1.21. The molecule has 0 aromatic carbocycles. The van der Waals surface area contributed by atoms with E-state index in [1.54, 1.807) is 0 Å². The SMILES string of the molecule is CCOC(C)c1nc(CC(C)NC)no1.Cl. The summed E-state index contributed by atoms with van der Waals surface area (Å²) >= 11 is 0. The van der Waals surface area contributed by atoms with E-state index in [0.717, 1.165) is 12.2 Å². The molecule has 0 saturated heterocycles. The number of hydrogen-bond acceptors (Lipinski definition) is 5. The Morgan fingerprint density at radius 1 is 1.44 bits per heavy atom. The molecular formula is C10H20ClN3O2. The highest BCUT2D eigenvalue weighted by molar-refractivity contribution is 5.85. The van der Waals surface area contributed by atoms with Crippen molar-refractivity contribution in [3.05, 3.63) is 11.7 Å². The Bertz CT molecular complexity index is 293. The van der Waals surface area contributed by atoms with Crippen LogP contribution in [0.25, 0.3) is 0 Å². The predicted octanol–water partition coefficient (Wildman–Crippen LogP) is 1.74. The minimum absolute atomic E-state index is 0. The lowest BCUT2D eigenvalue weighted by molar-refractivity contribution is 0.0519. The molecule has 1 N–H and O–H groups in total.